The van der Waals surface area contributed by atoms with E-state index in [-0.39, 0.29) is 17.5 Å². The minimum absolute atomic E-state index is 0.0481. The number of nitro groups is 1. The molecule has 1 aromatic rings. The van der Waals surface area contributed by atoms with E-state index in [2.05, 4.69) is 11.2 Å². The molecule has 5 nitrogen and oxygen atoms in total. The standard InChI is InChI=1S/C13H16N2O3/c1-4-6-10(5-2)14-11-7-8-12(15(16)17)13(9-11)18-3/h1,7-10,14H,5-6H2,2-3H3. The normalized spacial score (nSPS) is 11.4. The zero-order valence-electron chi connectivity index (χ0n) is 10.5. The van der Waals surface area contributed by atoms with Gasteiger partial charge in [0.15, 0.2) is 5.75 Å². The van der Waals surface area contributed by atoms with Crippen LogP contribution in [0.5, 0.6) is 5.75 Å². The maximum absolute atomic E-state index is 10.8. The number of nitrogens with zero attached hydrogens (tertiary/aromatic N) is 1. The highest BCUT2D eigenvalue weighted by Gasteiger charge is 2.15. The third kappa shape index (κ3) is 3.39. The number of benzene rings is 1. The van der Waals surface area contributed by atoms with Crippen LogP contribution in [0.15, 0.2) is 18.2 Å². The largest absolute Gasteiger partial charge is 0.490 e. The van der Waals surface area contributed by atoms with Crippen molar-refractivity contribution in [3.8, 4) is 18.1 Å². The summed E-state index contributed by atoms with van der Waals surface area (Å²) in [5.74, 6) is 2.83. The quantitative estimate of drug-likeness (QED) is 0.477. The molecule has 1 atom stereocenters. The van der Waals surface area contributed by atoms with Crippen molar-refractivity contribution in [3.63, 3.8) is 0 Å². The van der Waals surface area contributed by atoms with E-state index in [0.717, 1.165) is 12.1 Å². The summed E-state index contributed by atoms with van der Waals surface area (Å²) in [6, 6.07) is 4.84. The summed E-state index contributed by atoms with van der Waals surface area (Å²) < 4.78 is 5.00. The Hall–Kier alpha value is -2.22. The van der Waals surface area contributed by atoms with Gasteiger partial charge < -0.3 is 10.1 Å². The molecule has 0 aliphatic carbocycles. The van der Waals surface area contributed by atoms with Gasteiger partial charge in [-0.15, -0.1) is 12.3 Å². The van der Waals surface area contributed by atoms with E-state index in [4.69, 9.17) is 11.2 Å². The van der Waals surface area contributed by atoms with E-state index >= 15 is 0 Å². The lowest BCUT2D eigenvalue weighted by molar-refractivity contribution is -0.385. The molecule has 0 saturated carbocycles. The molecule has 18 heavy (non-hydrogen) atoms. The Morgan fingerprint density at radius 1 is 1.61 bits per heavy atom. The van der Waals surface area contributed by atoms with Crippen LogP contribution in [0.2, 0.25) is 0 Å². The van der Waals surface area contributed by atoms with Crippen molar-refractivity contribution in [2.24, 2.45) is 0 Å². The number of hydrogen-bond acceptors (Lipinski definition) is 4. The highest BCUT2D eigenvalue weighted by Crippen LogP contribution is 2.30. The first-order valence-corrected chi connectivity index (χ1v) is 5.64. The van der Waals surface area contributed by atoms with Gasteiger partial charge in [0.05, 0.1) is 12.0 Å². The third-order valence-corrected chi connectivity index (χ3v) is 2.60. The Morgan fingerprint density at radius 2 is 2.33 bits per heavy atom. The van der Waals surface area contributed by atoms with Crippen LogP contribution in [0.25, 0.3) is 0 Å². The predicted octanol–water partition coefficient (Wildman–Crippen LogP) is 2.82. The maximum atomic E-state index is 10.8. The summed E-state index contributed by atoms with van der Waals surface area (Å²) in [6.07, 6.45) is 6.76. The van der Waals surface area contributed by atoms with Gasteiger partial charge in [0.25, 0.3) is 0 Å². The van der Waals surface area contributed by atoms with Crippen molar-refractivity contribution in [1.82, 2.24) is 0 Å². The van der Waals surface area contributed by atoms with Crippen molar-refractivity contribution in [2.45, 2.75) is 25.8 Å². The van der Waals surface area contributed by atoms with Gasteiger partial charge in [-0.1, -0.05) is 6.92 Å². The molecule has 0 aliphatic heterocycles. The van der Waals surface area contributed by atoms with Crippen LogP contribution in [0.4, 0.5) is 11.4 Å². The van der Waals surface area contributed by atoms with Crippen LogP contribution in [-0.2, 0) is 0 Å². The minimum atomic E-state index is -0.471. The molecule has 0 radical (unpaired) electrons. The number of nitrogens with one attached hydrogen (secondary N) is 1. The fraction of sp³-hybridized carbons (Fsp3) is 0.385. The predicted molar refractivity (Wildman–Crippen MR) is 70.8 cm³/mol. The molecular formula is C13H16N2O3. The van der Waals surface area contributed by atoms with Gasteiger partial charge >= 0.3 is 5.69 Å². The number of anilines is 1. The first-order valence-electron chi connectivity index (χ1n) is 5.64. The summed E-state index contributed by atoms with van der Waals surface area (Å²) in [7, 11) is 1.41. The molecule has 0 amide bonds. The second-order valence-corrected chi connectivity index (χ2v) is 3.80. The van der Waals surface area contributed by atoms with Crippen molar-refractivity contribution < 1.29 is 9.66 Å². The van der Waals surface area contributed by atoms with Crippen LogP contribution < -0.4 is 10.1 Å². The third-order valence-electron chi connectivity index (χ3n) is 2.60. The maximum Gasteiger partial charge on any atom is 0.311 e. The number of ether oxygens (including phenoxy) is 1. The first kappa shape index (κ1) is 13.8. The molecule has 0 aromatic heterocycles. The highest BCUT2D eigenvalue weighted by molar-refractivity contribution is 5.58. The van der Waals surface area contributed by atoms with Gasteiger partial charge in [-0.05, 0) is 12.5 Å². The van der Waals surface area contributed by atoms with E-state index in [1.165, 1.54) is 13.2 Å². The van der Waals surface area contributed by atoms with Crippen LogP contribution in [0, 0.1) is 22.5 Å². The van der Waals surface area contributed by atoms with E-state index in [1.807, 2.05) is 6.92 Å². The van der Waals surface area contributed by atoms with Crippen molar-refractivity contribution in [1.29, 1.82) is 0 Å². The average Bonchev–Trinajstić information content (AvgIpc) is 2.37. The van der Waals surface area contributed by atoms with Gasteiger partial charge in [0.1, 0.15) is 0 Å². The molecule has 0 saturated heterocycles. The van der Waals surface area contributed by atoms with Gasteiger partial charge in [-0.3, -0.25) is 10.1 Å². The van der Waals surface area contributed by atoms with Crippen molar-refractivity contribution in [2.75, 3.05) is 12.4 Å². The molecule has 1 aromatic carbocycles. The monoisotopic (exact) mass is 248 g/mol. The molecule has 1 N–H and O–H groups in total. The van der Waals surface area contributed by atoms with Gasteiger partial charge in [-0.25, -0.2) is 0 Å². The van der Waals surface area contributed by atoms with Crippen LogP contribution in [0.3, 0.4) is 0 Å². The summed E-state index contributed by atoms with van der Waals surface area (Å²) in [5.41, 5.74) is 0.715. The molecular weight excluding hydrogens is 232 g/mol. The Kier molecular flexibility index (Phi) is 5.00. The number of rotatable bonds is 6. The van der Waals surface area contributed by atoms with Crippen LogP contribution >= 0.6 is 0 Å². The first-order chi connectivity index (χ1) is 8.62. The smallest absolute Gasteiger partial charge is 0.311 e. The van der Waals surface area contributed by atoms with E-state index in [9.17, 15) is 10.1 Å². The van der Waals surface area contributed by atoms with E-state index < -0.39 is 4.92 Å². The van der Waals surface area contributed by atoms with Crippen molar-refractivity contribution >= 4 is 11.4 Å². The lowest BCUT2D eigenvalue weighted by atomic mass is 10.1. The molecule has 5 heteroatoms. The zero-order valence-corrected chi connectivity index (χ0v) is 10.5. The summed E-state index contributed by atoms with van der Waals surface area (Å²) >= 11 is 0. The number of hydrogen-bond donors (Lipinski definition) is 1. The summed E-state index contributed by atoms with van der Waals surface area (Å²) in [4.78, 5) is 10.3. The molecule has 0 spiro atoms. The Morgan fingerprint density at radius 3 is 2.83 bits per heavy atom. The molecule has 1 rings (SSSR count). The molecule has 0 fully saturated rings. The molecule has 0 aliphatic rings. The number of methoxy groups -OCH3 is 1. The number of terminal acetylenes is 1. The Labute approximate surface area is 106 Å². The van der Waals surface area contributed by atoms with Crippen LogP contribution in [-0.4, -0.2) is 18.1 Å². The summed E-state index contributed by atoms with van der Waals surface area (Å²) in [5, 5.41) is 14.0. The lowest BCUT2D eigenvalue weighted by Gasteiger charge is -2.16. The SMILES string of the molecule is C#CCC(CC)Nc1ccc([N+](=O)[O-])c(OC)c1. The molecule has 0 bridgehead atoms. The van der Waals surface area contributed by atoms with Gasteiger partial charge in [0, 0.05) is 30.3 Å². The molecule has 1 unspecified atom stereocenters. The van der Waals surface area contributed by atoms with E-state index in [1.54, 1.807) is 12.1 Å². The highest BCUT2D eigenvalue weighted by atomic mass is 16.6. The number of nitro benzene ring substituents is 1. The molecule has 0 heterocycles. The lowest BCUT2D eigenvalue weighted by Crippen LogP contribution is -2.17. The fourth-order valence-corrected chi connectivity index (χ4v) is 1.59. The van der Waals surface area contributed by atoms with E-state index in [0.29, 0.717) is 6.42 Å². The minimum Gasteiger partial charge on any atom is -0.490 e. The second kappa shape index (κ2) is 6.50. The van der Waals surface area contributed by atoms with Gasteiger partial charge in [-0.2, -0.15) is 0 Å². The topological polar surface area (TPSA) is 64.4 Å². The fourth-order valence-electron chi connectivity index (χ4n) is 1.59. The Bertz CT molecular complexity index is 466. The van der Waals surface area contributed by atoms with Crippen molar-refractivity contribution in [3.05, 3.63) is 28.3 Å². The average molecular weight is 248 g/mol. The van der Waals surface area contributed by atoms with Gasteiger partial charge in [0.2, 0.25) is 0 Å². The van der Waals surface area contributed by atoms with Crippen LogP contribution in [0.1, 0.15) is 19.8 Å². The second-order valence-electron chi connectivity index (χ2n) is 3.80. The Balaban J connectivity index is 2.92. The zero-order chi connectivity index (χ0) is 13.5. The summed E-state index contributed by atoms with van der Waals surface area (Å²) in [6.45, 7) is 2.03. The molecule has 96 valence electrons.